The van der Waals surface area contributed by atoms with E-state index in [1.165, 1.54) is 12.1 Å². The smallest absolute Gasteiger partial charge is 0.123 e. The zero-order chi connectivity index (χ0) is 12.4. The second-order valence-electron chi connectivity index (χ2n) is 2.94. The fraction of sp³-hybridized carbons (Fsp3) is 0.143. The van der Waals surface area contributed by atoms with Gasteiger partial charge in [0.05, 0.1) is 0 Å². The summed E-state index contributed by atoms with van der Waals surface area (Å²) in [5.74, 6) is -0.197. The highest BCUT2D eigenvalue weighted by Crippen LogP contribution is 2.13. The van der Waals surface area contributed by atoms with Crippen LogP contribution in [0.15, 0.2) is 42.5 Å². The van der Waals surface area contributed by atoms with E-state index in [1.54, 1.807) is 12.1 Å². The molecular weight excluding hydrogens is 267 g/mol. The molecule has 0 nitrogen and oxygen atoms in total. The second-order valence-corrected chi connectivity index (χ2v) is 3.59. The lowest BCUT2D eigenvalue weighted by Gasteiger charge is -1.99. The van der Waals surface area contributed by atoms with E-state index in [0.29, 0.717) is 0 Å². The van der Waals surface area contributed by atoms with E-state index in [2.05, 4.69) is 28.8 Å². The van der Waals surface area contributed by atoms with Gasteiger partial charge in [-0.15, -0.1) is 12.8 Å². The first-order chi connectivity index (χ1) is 7.74. The van der Waals surface area contributed by atoms with Gasteiger partial charge in [0.1, 0.15) is 5.82 Å². The van der Waals surface area contributed by atoms with Gasteiger partial charge in [-0.3, -0.25) is 0 Å². The van der Waals surface area contributed by atoms with Crippen molar-refractivity contribution >= 4 is 21.5 Å². The number of terminal acetylenes is 1. The standard InChI is InChI=1S/C12H12BrF.C2H2/c1-10(4-2-3-9-13)11-5-7-12(14)8-6-11;1-2/h2-8H,9H2,1H3;1-2H/b3-2-,10-4+;. The third-order valence-corrected chi connectivity index (χ3v) is 2.24. The fourth-order valence-corrected chi connectivity index (χ4v) is 1.29. The molecular formula is C14H14BrF. The van der Waals surface area contributed by atoms with Crippen molar-refractivity contribution in [3.05, 3.63) is 53.9 Å². The highest BCUT2D eigenvalue weighted by molar-refractivity contribution is 9.09. The van der Waals surface area contributed by atoms with Crippen LogP contribution in [-0.2, 0) is 0 Å². The SMILES string of the molecule is C#C.C/C(=C\C=C/CBr)c1ccc(F)cc1. The van der Waals surface area contributed by atoms with Crippen LogP contribution in [0.5, 0.6) is 0 Å². The first-order valence-corrected chi connectivity index (χ1v) is 5.85. The van der Waals surface area contributed by atoms with E-state index in [-0.39, 0.29) is 5.82 Å². The van der Waals surface area contributed by atoms with Gasteiger partial charge in [-0.25, -0.2) is 4.39 Å². The minimum absolute atomic E-state index is 0.197. The minimum Gasteiger partial charge on any atom is -0.207 e. The van der Waals surface area contributed by atoms with Crippen LogP contribution < -0.4 is 0 Å². The van der Waals surface area contributed by atoms with Crippen molar-refractivity contribution < 1.29 is 4.39 Å². The van der Waals surface area contributed by atoms with Crippen LogP contribution in [0.4, 0.5) is 4.39 Å². The fourth-order valence-electron chi connectivity index (χ4n) is 1.07. The summed E-state index contributed by atoms with van der Waals surface area (Å²) in [7, 11) is 0. The first kappa shape index (κ1) is 14.7. The monoisotopic (exact) mass is 280 g/mol. The van der Waals surface area contributed by atoms with Crippen molar-refractivity contribution in [3.8, 4) is 12.8 Å². The molecule has 0 unspecified atom stereocenters. The molecule has 0 aromatic heterocycles. The van der Waals surface area contributed by atoms with Crippen LogP contribution in [0.3, 0.4) is 0 Å². The number of hydrogen-bond acceptors (Lipinski definition) is 0. The molecule has 84 valence electrons. The molecule has 1 rings (SSSR count). The molecule has 16 heavy (non-hydrogen) atoms. The number of alkyl halides is 1. The normalized spacial score (nSPS) is 10.9. The predicted octanol–water partition coefficient (Wildman–Crippen LogP) is 4.43. The Morgan fingerprint density at radius 3 is 2.38 bits per heavy atom. The molecule has 0 bridgehead atoms. The highest BCUT2D eigenvalue weighted by atomic mass is 79.9. The lowest BCUT2D eigenvalue weighted by Crippen LogP contribution is -1.79. The lowest BCUT2D eigenvalue weighted by molar-refractivity contribution is 0.627. The number of halogens is 2. The van der Waals surface area contributed by atoms with E-state index in [1.807, 2.05) is 25.2 Å². The molecule has 0 heterocycles. The van der Waals surface area contributed by atoms with Gasteiger partial charge < -0.3 is 0 Å². The Labute approximate surface area is 105 Å². The summed E-state index contributed by atoms with van der Waals surface area (Å²) in [4.78, 5) is 0. The van der Waals surface area contributed by atoms with Crippen molar-refractivity contribution in [2.24, 2.45) is 0 Å². The third-order valence-electron chi connectivity index (χ3n) is 1.87. The van der Waals surface area contributed by atoms with Crippen LogP contribution in [0.1, 0.15) is 12.5 Å². The van der Waals surface area contributed by atoms with Gasteiger partial charge in [0.25, 0.3) is 0 Å². The van der Waals surface area contributed by atoms with E-state index in [4.69, 9.17) is 0 Å². The molecule has 0 aliphatic heterocycles. The minimum atomic E-state index is -0.197. The zero-order valence-electron chi connectivity index (χ0n) is 9.16. The summed E-state index contributed by atoms with van der Waals surface area (Å²) in [6, 6.07) is 6.51. The van der Waals surface area contributed by atoms with Gasteiger partial charge in [-0.05, 0) is 30.2 Å². The Kier molecular flexibility index (Phi) is 8.19. The molecule has 0 aliphatic rings. The summed E-state index contributed by atoms with van der Waals surface area (Å²) in [5, 5.41) is 0.847. The average molecular weight is 281 g/mol. The zero-order valence-corrected chi connectivity index (χ0v) is 10.7. The van der Waals surface area contributed by atoms with Gasteiger partial charge in [0.2, 0.25) is 0 Å². The Balaban J connectivity index is 0.00000106. The van der Waals surface area contributed by atoms with Crippen LogP contribution in [-0.4, -0.2) is 5.33 Å². The number of rotatable bonds is 3. The molecule has 0 saturated heterocycles. The molecule has 0 fully saturated rings. The van der Waals surface area contributed by atoms with Crippen LogP contribution >= 0.6 is 15.9 Å². The summed E-state index contributed by atoms with van der Waals surface area (Å²) in [6.45, 7) is 2.01. The molecule has 1 aromatic rings. The van der Waals surface area contributed by atoms with E-state index < -0.39 is 0 Å². The van der Waals surface area contributed by atoms with Gasteiger partial charge >= 0.3 is 0 Å². The summed E-state index contributed by atoms with van der Waals surface area (Å²) in [5.41, 5.74) is 2.17. The first-order valence-electron chi connectivity index (χ1n) is 4.72. The van der Waals surface area contributed by atoms with Crippen molar-refractivity contribution in [1.29, 1.82) is 0 Å². The number of hydrogen-bond donors (Lipinski definition) is 0. The molecule has 0 atom stereocenters. The Morgan fingerprint density at radius 2 is 1.88 bits per heavy atom. The highest BCUT2D eigenvalue weighted by Gasteiger charge is 1.94. The van der Waals surface area contributed by atoms with Crippen molar-refractivity contribution in [3.63, 3.8) is 0 Å². The number of benzene rings is 1. The molecule has 1 aromatic carbocycles. The molecule has 0 N–H and O–H groups in total. The second kappa shape index (κ2) is 8.94. The quantitative estimate of drug-likeness (QED) is 0.437. The lowest BCUT2D eigenvalue weighted by atomic mass is 10.1. The Hall–Kier alpha value is -1.33. The van der Waals surface area contributed by atoms with Gasteiger partial charge in [-0.1, -0.05) is 46.3 Å². The van der Waals surface area contributed by atoms with Crippen molar-refractivity contribution in [2.75, 3.05) is 5.33 Å². The summed E-state index contributed by atoms with van der Waals surface area (Å²) >= 11 is 3.30. The molecule has 0 aliphatic carbocycles. The average Bonchev–Trinajstić information content (AvgIpc) is 2.33. The topological polar surface area (TPSA) is 0 Å². The Morgan fingerprint density at radius 1 is 1.31 bits per heavy atom. The van der Waals surface area contributed by atoms with E-state index in [9.17, 15) is 4.39 Å². The van der Waals surface area contributed by atoms with Crippen molar-refractivity contribution in [2.45, 2.75) is 6.92 Å². The summed E-state index contributed by atoms with van der Waals surface area (Å²) < 4.78 is 12.6. The third kappa shape index (κ3) is 5.53. The van der Waals surface area contributed by atoms with E-state index in [0.717, 1.165) is 16.5 Å². The van der Waals surface area contributed by atoms with E-state index >= 15 is 0 Å². The van der Waals surface area contributed by atoms with Gasteiger partial charge in [-0.2, -0.15) is 0 Å². The van der Waals surface area contributed by atoms with Crippen LogP contribution in [0.2, 0.25) is 0 Å². The van der Waals surface area contributed by atoms with Gasteiger partial charge in [0.15, 0.2) is 0 Å². The molecule has 0 amide bonds. The van der Waals surface area contributed by atoms with Gasteiger partial charge in [0, 0.05) is 5.33 Å². The maximum absolute atomic E-state index is 12.6. The molecule has 0 radical (unpaired) electrons. The summed E-state index contributed by atoms with van der Waals surface area (Å²) in [6.07, 6.45) is 14.0. The molecule has 0 saturated carbocycles. The number of allylic oxidation sites excluding steroid dienone is 4. The molecule has 0 spiro atoms. The largest absolute Gasteiger partial charge is 0.207 e. The van der Waals surface area contributed by atoms with Crippen LogP contribution in [0, 0.1) is 18.7 Å². The maximum atomic E-state index is 12.6. The maximum Gasteiger partial charge on any atom is 0.123 e. The van der Waals surface area contributed by atoms with Crippen molar-refractivity contribution in [1.82, 2.24) is 0 Å². The van der Waals surface area contributed by atoms with Crippen LogP contribution in [0.25, 0.3) is 5.57 Å². The molecule has 2 heteroatoms. The predicted molar refractivity (Wildman–Crippen MR) is 72.9 cm³/mol. The Bertz CT molecular complexity index is 371.